The molecule has 0 bridgehead atoms. The van der Waals surface area contributed by atoms with E-state index < -0.39 is 5.97 Å². The van der Waals surface area contributed by atoms with Gasteiger partial charge in [-0.25, -0.2) is 0 Å². The second kappa shape index (κ2) is 5.31. The van der Waals surface area contributed by atoms with Crippen LogP contribution in [-0.4, -0.2) is 35.5 Å². The van der Waals surface area contributed by atoms with Crippen molar-refractivity contribution in [3.05, 3.63) is 28.5 Å². The number of likely N-dealkylation sites (N-methyl/N-ethyl adjacent to an activating group) is 1. The van der Waals surface area contributed by atoms with Gasteiger partial charge in [0.25, 0.3) is 0 Å². The molecule has 0 aliphatic rings. The Morgan fingerprint density at radius 1 is 1.60 bits per heavy atom. The number of carboxylic acids is 1. The lowest BCUT2D eigenvalue weighted by atomic mass is 10.3. The zero-order valence-electron chi connectivity index (χ0n) is 8.21. The van der Waals surface area contributed by atoms with Crippen LogP contribution in [0.25, 0.3) is 6.08 Å². The Morgan fingerprint density at radius 3 is 2.87 bits per heavy atom. The normalized spacial score (nSPS) is 10.5. The number of rotatable bonds is 4. The van der Waals surface area contributed by atoms with Crippen LogP contribution in [0.5, 0.6) is 0 Å². The molecule has 0 unspecified atom stereocenters. The summed E-state index contributed by atoms with van der Waals surface area (Å²) in [6.45, 7) is -0.285. The van der Waals surface area contributed by atoms with Crippen LogP contribution in [-0.2, 0) is 9.59 Å². The molecular weight excluding hydrogens is 214 g/mol. The summed E-state index contributed by atoms with van der Waals surface area (Å²) >= 11 is 1.54. The van der Waals surface area contributed by atoms with Crippen molar-refractivity contribution in [2.75, 3.05) is 13.6 Å². The number of carbonyl (C=O) groups excluding carboxylic acids is 1. The fourth-order valence-corrected chi connectivity index (χ4v) is 1.57. The highest BCUT2D eigenvalue weighted by Crippen LogP contribution is 2.07. The molecule has 80 valence electrons. The topological polar surface area (TPSA) is 57.6 Å². The van der Waals surface area contributed by atoms with Gasteiger partial charge in [-0.3, -0.25) is 9.59 Å². The Balaban J connectivity index is 2.51. The fraction of sp³-hybridized carbons (Fsp3) is 0.200. The summed E-state index contributed by atoms with van der Waals surface area (Å²) in [6.07, 6.45) is 3.03. The summed E-state index contributed by atoms with van der Waals surface area (Å²) in [5.74, 6) is -1.33. The van der Waals surface area contributed by atoms with Gasteiger partial charge in [-0.15, -0.1) is 0 Å². The van der Waals surface area contributed by atoms with E-state index in [4.69, 9.17) is 5.11 Å². The van der Waals surface area contributed by atoms with Crippen molar-refractivity contribution < 1.29 is 14.7 Å². The van der Waals surface area contributed by atoms with Crippen molar-refractivity contribution in [2.24, 2.45) is 0 Å². The number of nitrogens with zero attached hydrogens (tertiary/aromatic N) is 1. The Bertz CT molecular complexity index is 370. The van der Waals surface area contributed by atoms with Crippen molar-refractivity contribution in [1.82, 2.24) is 4.90 Å². The summed E-state index contributed by atoms with van der Waals surface area (Å²) in [4.78, 5) is 22.8. The van der Waals surface area contributed by atoms with Gasteiger partial charge < -0.3 is 10.0 Å². The van der Waals surface area contributed by atoms with E-state index >= 15 is 0 Å². The molecule has 15 heavy (non-hydrogen) atoms. The average molecular weight is 225 g/mol. The lowest BCUT2D eigenvalue weighted by Crippen LogP contribution is -2.30. The molecular formula is C10H11NO3S. The zero-order valence-corrected chi connectivity index (χ0v) is 9.03. The number of carbonyl (C=O) groups is 2. The minimum atomic E-state index is -1.02. The molecule has 1 rings (SSSR count). The molecule has 5 heteroatoms. The van der Waals surface area contributed by atoms with Crippen LogP contribution in [0, 0.1) is 0 Å². The fourth-order valence-electron chi connectivity index (χ4n) is 0.945. The van der Waals surface area contributed by atoms with Crippen LogP contribution < -0.4 is 0 Å². The van der Waals surface area contributed by atoms with Crippen molar-refractivity contribution in [1.29, 1.82) is 0 Å². The second-order valence-electron chi connectivity index (χ2n) is 2.98. The minimum absolute atomic E-state index is 0.285. The summed E-state index contributed by atoms with van der Waals surface area (Å²) in [6, 6.07) is 1.88. The van der Waals surface area contributed by atoms with Crippen LogP contribution in [0.15, 0.2) is 22.9 Å². The Hall–Kier alpha value is -1.62. The van der Waals surface area contributed by atoms with Crippen molar-refractivity contribution in [3.63, 3.8) is 0 Å². The van der Waals surface area contributed by atoms with Crippen molar-refractivity contribution in [3.8, 4) is 0 Å². The summed E-state index contributed by atoms with van der Waals surface area (Å²) in [7, 11) is 1.45. The van der Waals surface area contributed by atoms with E-state index in [9.17, 15) is 9.59 Å². The molecule has 0 radical (unpaired) electrons. The maximum atomic E-state index is 11.4. The standard InChI is InChI=1S/C10H11NO3S/c1-11(6-10(13)14)9(12)3-2-8-4-5-15-7-8/h2-5,7H,6H2,1H3,(H,13,14)/b3-2+. The lowest BCUT2D eigenvalue weighted by Gasteiger charge is -2.10. The number of hydrogen-bond acceptors (Lipinski definition) is 3. The van der Waals surface area contributed by atoms with E-state index in [0.717, 1.165) is 10.5 Å². The smallest absolute Gasteiger partial charge is 0.323 e. The molecule has 0 atom stereocenters. The summed E-state index contributed by atoms with van der Waals surface area (Å²) in [5.41, 5.74) is 0.942. The average Bonchev–Trinajstić information content (AvgIpc) is 2.65. The Kier molecular flexibility index (Phi) is 4.05. The predicted molar refractivity (Wildman–Crippen MR) is 58.6 cm³/mol. The minimum Gasteiger partial charge on any atom is -0.480 e. The van der Waals surface area contributed by atoms with Gasteiger partial charge in [0.2, 0.25) is 5.91 Å². The predicted octanol–water partition coefficient (Wildman–Crippen LogP) is 1.30. The third-order valence-electron chi connectivity index (χ3n) is 1.71. The SMILES string of the molecule is CN(CC(=O)O)C(=O)/C=C/c1ccsc1. The molecule has 1 aromatic rings. The molecule has 0 spiro atoms. The number of hydrogen-bond donors (Lipinski definition) is 1. The molecule has 1 aromatic heterocycles. The molecule has 0 saturated heterocycles. The first-order valence-electron chi connectivity index (χ1n) is 4.27. The molecule has 0 aromatic carbocycles. The maximum Gasteiger partial charge on any atom is 0.323 e. The van der Waals surface area contributed by atoms with Crippen LogP contribution in [0.1, 0.15) is 5.56 Å². The van der Waals surface area contributed by atoms with Gasteiger partial charge in [-0.2, -0.15) is 11.3 Å². The highest BCUT2D eigenvalue weighted by atomic mass is 32.1. The molecule has 0 aliphatic carbocycles. The first-order chi connectivity index (χ1) is 7.09. The molecule has 0 aliphatic heterocycles. The number of carboxylic acid groups (broad SMARTS) is 1. The quantitative estimate of drug-likeness (QED) is 0.786. The number of amides is 1. The largest absolute Gasteiger partial charge is 0.480 e. The number of thiophene rings is 1. The van der Waals surface area contributed by atoms with Crippen LogP contribution in [0.3, 0.4) is 0 Å². The summed E-state index contributed by atoms with van der Waals surface area (Å²) < 4.78 is 0. The Labute approximate surface area is 91.4 Å². The van der Waals surface area contributed by atoms with E-state index in [0.29, 0.717) is 0 Å². The molecule has 1 heterocycles. The molecule has 4 nitrogen and oxygen atoms in total. The Morgan fingerprint density at radius 2 is 2.33 bits per heavy atom. The zero-order chi connectivity index (χ0) is 11.3. The lowest BCUT2D eigenvalue weighted by molar-refractivity contribution is -0.141. The highest BCUT2D eigenvalue weighted by Gasteiger charge is 2.08. The van der Waals surface area contributed by atoms with E-state index in [1.54, 1.807) is 17.4 Å². The van der Waals surface area contributed by atoms with Gasteiger partial charge >= 0.3 is 5.97 Å². The second-order valence-corrected chi connectivity index (χ2v) is 3.76. The highest BCUT2D eigenvalue weighted by molar-refractivity contribution is 7.08. The van der Waals surface area contributed by atoms with E-state index in [-0.39, 0.29) is 12.5 Å². The first-order valence-corrected chi connectivity index (χ1v) is 5.21. The molecule has 0 saturated carbocycles. The van der Waals surface area contributed by atoms with Crippen LogP contribution in [0.2, 0.25) is 0 Å². The van der Waals surface area contributed by atoms with Gasteiger partial charge in [0.1, 0.15) is 6.54 Å². The van der Waals surface area contributed by atoms with Gasteiger partial charge in [0.15, 0.2) is 0 Å². The van der Waals surface area contributed by atoms with Crippen molar-refractivity contribution >= 4 is 29.3 Å². The molecule has 1 amide bonds. The molecule has 1 N–H and O–H groups in total. The van der Waals surface area contributed by atoms with Crippen LogP contribution in [0.4, 0.5) is 0 Å². The van der Waals surface area contributed by atoms with Crippen molar-refractivity contribution in [2.45, 2.75) is 0 Å². The van der Waals surface area contributed by atoms with Crippen LogP contribution >= 0.6 is 11.3 Å². The third-order valence-corrected chi connectivity index (χ3v) is 2.41. The van der Waals surface area contributed by atoms with E-state index in [1.807, 2.05) is 16.8 Å². The van der Waals surface area contributed by atoms with Gasteiger partial charge in [-0.05, 0) is 28.5 Å². The third kappa shape index (κ3) is 3.95. The van der Waals surface area contributed by atoms with Gasteiger partial charge in [0, 0.05) is 13.1 Å². The monoisotopic (exact) mass is 225 g/mol. The maximum absolute atomic E-state index is 11.4. The number of aliphatic carboxylic acids is 1. The van der Waals surface area contributed by atoms with E-state index in [2.05, 4.69) is 0 Å². The summed E-state index contributed by atoms with van der Waals surface area (Å²) in [5, 5.41) is 12.3. The van der Waals surface area contributed by atoms with E-state index in [1.165, 1.54) is 13.1 Å². The first kappa shape index (κ1) is 11.5. The van der Waals surface area contributed by atoms with Gasteiger partial charge in [-0.1, -0.05) is 0 Å². The molecule has 0 fully saturated rings. The van der Waals surface area contributed by atoms with Gasteiger partial charge in [0.05, 0.1) is 0 Å².